The Labute approximate surface area is 132 Å². The van der Waals surface area contributed by atoms with Gasteiger partial charge in [0.2, 0.25) is 0 Å². The number of carbonyl (C=O) groups is 2. The molecule has 0 saturated heterocycles. The van der Waals surface area contributed by atoms with Crippen LogP contribution in [0.15, 0.2) is 36.5 Å². The number of amides is 1. The first-order valence-corrected chi connectivity index (χ1v) is 6.57. The number of aldehydes is 1. The van der Waals surface area contributed by atoms with Crippen molar-refractivity contribution in [2.45, 2.75) is 0 Å². The van der Waals surface area contributed by atoms with Gasteiger partial charge < -0.3 is 15.2 Å². The van der Waals surface area contributed by atoms with Crippen LogP contribution in [0.4, 0.5) is 0 Å². The number of nitriles is 1. The zero-order valence-corrected chi connectivity index (χ0v) is 11.9. The van der Waals surface area contributed by atoms with Crippen LogP contribution in [0, 0.1) is 23.2 Å². The van der Waals surface area contributed by atoms with Gasteiger partial charge in [-0.15, -0.1) is 0 Å². The van der Waals surface area contributed by atoms with Crippen molar-refractivity contribution in [1.82, 2.24) is 10.3 Å². The number of hydrogen-bond acceptors (Lipinski definition) is 5. The zero-order valence-electron chi connectivity index (χ0n) is 11.9. The molecule has 2 aromatic rings. The fourth-order valence-corrected chi connectivity index (χ4v) is 1.74. The number of rotatable bonds is 3. The molecule has 1 aromatic heterocycles. The third-order valence-electron chi connectivity index (χ3n) is 2.82. The lowest BCUT2D eigenvalue weighted by Gasteiger charge is -2.03. The summed E-state index contributed by atoms with van der Waals surface area (Å²) >= 11 is 0. The Kier molecular flexibility index (Phi) is 5.06. The predicted molar refractivity (Wildman–Crippen MR) is 81.4 cm³/mol. The summed E-state index contributed by atoms with van der Waals surface area (Å²) < 4.78 is 0. The van der Waals surface area contributed by atoms with E-state index in [-0.39, 0.29) is 18.0 Å². The van der Waals surface area contributed by atoms with Crippen molar-refractivity contribution < 1.29 is 14.7 Å². The van der Waals surface area contributed by atoms with Crippen molar-refractivity contribution >= 4 is 12.2 Å². The molecule has 0 aliphatic heterocycles. The molecular formula is C17H11N3O3. The molecular weight excluding hydrogens is 294 g/mol. The molecule has 0 spiro atoms. The third kappa shape index (κ3) is 3.93. The van der Waals surface area contributed by atoms with Gasteiger partial charge in [0.1, 0.15) is 18.1 Å². The Morgan fingerprint density at radius 3 is 2.70 bits per heavy atom. The van der Waals surface area contributed by atoms with E-state index in [1.54, 1.807) is 24.3 Å². The van der Waals surface area contributed by atoms with Crippen LogP contribution in [0.2, 0.25) is 0 Å². The Morgan fingerprint density at radius 2 is 2.04 bits per heavy atom. The quantitative estimate of drug-likeness (QED) is 0.650. The van der Waals surface area contributed by atoms with Crippen molar-refractivity contribution in [2.75, 3.05) is 6.54 Å². The molecule has 2 N–H and O–H groups in total. The number of benzene rings is 1. The highest BCUT2D eigenvalue weighted by molar-refractivity contribution is 5.95. The van der Waals surface area contributed by atoms with Crippen LogP contribution >= 0.6 is 0 Å². The number of pyridine rings is 1. The molecule has 6 heteroatoms. The summed E-state index contributed by atoms with van der Waals surface area (Å²) in [6.07, 6.45) is 1.86. The van der Waals surface area contributed by atoms with E-state index in [4.69, 9.17) is 5.26 Å². The maximum Gasteiger partial charge on any atom is 0.274 e. The monoisotopic (exact) mass is 305 g/mol. The van der Waals surface area contributed by atoms with Crippen LogP contribution in [0.25, 0.3) is 0 Å². The van der Waals surface area contributed by atoms with Gasteiger partial charge in [-0.2, -0.15) is 5.26 Å². The first kappa shape index (κ1) is 15.7. The van der Waals surface area contributed by atoms with E-state index in [2.05, 4.69) is 22.1 Å². The molecule has 0 bridgehead atoms. The number of nitrogens with one attached hydrogen (secondary N) is 1. The van der Waals surface area contributed by atoms with Gasteiger partial charge in [0.15, 0.2) is 5.69 Å². The molecule has 112 valence electrons. The first-order chi connectivity index (χ1) is 11.2. The van der Waals surface area contributed by atoms with Crippen LogP contribution in [0.1, 0.15) is 27.2 Å². The van der Waals surface area contributed by atoms with Gasteiger partial charge in [0.25, 0.3) is 5.91 Å². The van der Waals surface area contributed by atoms with Crippen LogP contribution < -0.4 is 5.32 Å². The van der Waals surface area contributed by atoms with Crippen LogP contribution in [-0.2, 0) is 4.79 Å². The van der Waals surface area contributed by atoms with Gasteiger partial charge in [-0.1, -0.05) is 24.0 Å². The fourth-order valence-electron chi connectivity index (χ4n) is 1.74. The van der Waals surface area contributed by atoms with E-state index < -0.39 is 5.91 Å². The molecule has 0 aliphatic rings. The second-order valence-electron chi connectivity index (χ2n) is 4.38. The molecule has 0 unspecified atom stereocenters. The first-order valence-electron chi connectivity index (χ1n) is 6.57. The molecule has 1 heterocycles. The normalized spacial score (nSPS) is 9.17. The molecule has 1 aromatic carbocycles. The molecule has 0 saturated carbocycles. The van der Waals surface area contributed by atoms with E-state index >= 15 is 0 Å². The van der Waals surface area contributed by atoms with Crippen molar-refractivity contribution in [2.24, 2.45) is 0 Å². The lowest BCUT2D eigenvalue weighted by Crippen LogP contribution is -2.26. The van der Waals surface area contributed by atoms with E-state index in [9.17, 15) is 14.7 Å². The van der Waals surface area contributed by atoms with Crippen molar-refractivity contribution in [3.63, 3.8) is 0 Å². The topological polar surface area (TPSA) is 103 Å². The molecule has 0 atom stereocenters. The predicted octanol–water partition coefficient (Wildman–Crippen LogP) is 0.987. The maximum absolute atomic E-state index is 11.6. The Balaban J connectivity index is 2.25. The summed E-state index contributed by atoms with van der Waals surface area (Å²) in [6, 6.07) is 10.2. The van der Waals surface area contributed by atoms with Gasteiger partial charge in [0, 0.05) is 17.3 Å². The largest absolute Gasteiger partial charge is 0.505 e. The maximum atomic E-state index is 11.6. The van der Waals surface area contributed by atoms with Gasteiger partial charge in [0.05, 0.1) is 12.1 Å². The van der Waals surface area contributed by atoms with Gasteiger partial charge >= 0.3 is 0 Å². The van der Waals surface area contributed by atoms with Crippen LogP contribution in [0.5, 0.6) is 5.75 Å². The molecule has 0 aliphatic carbocycles. The SMILES string of the molecule is N#Cc1ccccc1C#Cc1cnc(C(=O)NCC=O)c(O)c1. The third-order valence-corrected chi connectivity index (χ3v) is 2.82. The minimum Gasteiger partial charge on any atom is -0.505 e. The lowest BCUT2D eigenvalue weighted by atomic mass is 10.1. The second kappa shape index (κ2) is 7.39. The number of aromatic hydroxyl groups is 1. The fraction of sp³-hybridized carbons (Fsp3) is 0.0588. The summed E-state index contributed by atoms with van der Waals surface area (Å²) in [5, 5.41) is 21.1. The Morgan fingerprint density at radius 1 is 1.30 bits per heavy atom. The van der Waals surface area contributed by atoms with E-state index in [0.29, 0.717) is 23.0 Å². The van der Waals surface area contributed by atoms with Crippen molar-refractivity contribution in [3.05, 3.63) is 58.9 Å². The highest BCUT2D eigenvalue weighted by Crippen LogP contribution is 2.15. The Bertz CT molecular complexity index is 857. The number of hydrogen-bond donors (Lipinski definition) is 2. The minimum absolute atomic E-state index is 0.160. The number of aromatic nitrogens is 1. The molecule has 6 nitrogen and oxygen atoms in total. The average Bonchev–Trinajstić information content (AvgIpc) is 2.58. The van der Waals surface area contributed by atoms with Crippen LogP contribution in [0.3, 0.4) is 0 Å². The average molecular weight is 305 g/mol. The van der Waals surface area contributed by atoms with E-state index in [0.717, 1.165) is 0 Å². The number of nitrogens with zero attached hydrogens (tertiary/aromatic N) is 2. The van der Waals surface area contributed by atoms with Crippen molar-refractivity contribution in [3.8, 4) is 23.7 Å². The van der Waals surface area contributed by atoms with E-state index in [1.807, 2.05) is 6.07 Å². The standard InChI is InChI=1S/C17H11N3O3/c18-10-14-4-2-1-3-13(14)6-5-12-9-15(22)16(20-11-12)17(23)19-7-8-21/h1-4,8-9,11,22H,7H2,(H,19,23). The molecule has 0 fully saturated rings. The molecule has 2 rings (SSSR count). The smallest absolute Gasteiger partial charge is 0.274 e. The molecule has 23 heavy (non-hydrogen) atoms. The van der Waals surface area contributed by atoms with Crippen LogP contribution in [-0.4, -0.2) is 28.8 Å². The Hall–Kier alpha value is -3.64. The van der Waals surface area contributed by atoms with Crippen molar-refractivity contribution in [1.29, 1.82) is 5.26 Å². The number of carbonyl (C=O) groups excluding carboxylic acids is 2. The molecule has 1 amide bonds. The van der Waals surface area contributed by atoms with E-state index in [1.165, 1.54) is 12.3 Å². The summed E-state index contributed by atoms with van der Waals surface area (Å²) in [6.45, 7) is -0.160. The summed E-state index contributed by atoms with van der Waals surface area (Å²) in [5.41, 5.74) is 1.21. The highest BCUT2D eigenvalue weighted by Gasteiger charge is 2.12. The van der Waals surface area contributed by atoms with Gasteiger partial charge in [-0.25, -0.2) is 4.98 Å². The lowest BCUT2D eigenvalue weighted by molar-refractivity contribution is -0.107. The highest BCUT2D eigenvalue weighted by atomic mass is 16.3. The summed E-state index contributed by atoms with van der Waals surface area (Å²) in [4.78, 5) is 25.7. The van der Waals surface area contributed by atoms with Gasteiger partial charge in [-0.3, -0.25) is 4.79 Å². The summed E-state index contributed by atoms with van der Waals surface area (Å²) in [7, 11) is 0. The molecule has 0 radical (unpaired) electrons. The second-order valence-corrected chi connectivity index (χ2v) is 4.38. The summed E-state index contributed by atoms with van der Waals surface area (Å²) in [5.74, 6) is 4.61. The zero-order chi connectivity index (χ0) is 16.7. The minimum atomic E-state index is -0.649. The van der Waals surface area contributed by atoms with Gasteiger partial charge in [-0.05, 0) is 18.2 Å².